The Labute approximate surface area is 141 Å². The summed E-state index contributed by atoms with van der Waals surface area (Å²) in [5, 5.41) is 11.1. The molecule has 1 aromatic carbocycles. The van der Waals surface area contributed by atoms with Crippen LogP contribution in [-0.4, -0.2) is 34.1 Å². The Morgan fingerprint density at radius 1 is 1.29 bits per heavy atom. The monoisotopic (exact) mass is 330 g/mol. The average Bonchev–Trinajstić information content (AvgIpc) is 3.25. The van der Waals surface area contributed by atoms with Crippen molar-refractivity contribution in [1.82, 2.24) is 20.3 Å². The second-order valence-electron chi connectivity index (χ2n) is 5.90. The molecule has 1 heterocycles. The van der Waals surface area contributed by atoms with E-state index in [9.17, 15) is 4.79 Å². The van der Waals surface area contributed by atoms with Crippen LogP contribution in [0.3, 0.4) is 0 Å². The molecule has 24 heavy (non-hydrogen) atoms. The second kappa shape index (κ2) is 7.81. The van der Waals surface area contributed by atoms with E-state index < -0.39 is 0 Å². The van der Waals surface area contributed by atoms with Gasteiger partial charge in [0.1, 0.15) is 18.8 Å². The van der Waals surface area contributed by atoms with Gasteiger partial charge in [0.15, 0.2) is 11.5 Å². The second-order valence-corrected chi connectivity index (χ2v) is 5.90. The summed E-state index contributed by atoms with van der Waals surface area (Å²) in [6, 6.07) is 7.74. The molecule has 1 fully saturated rings. The highest BCUT2D eigenvalue weighted by molar-refractivity contribution is 5.75. The van der Waals surface area contributed by atoms with Gasteiger partial charge in [-0.05, 0) is 25.0 Å². The minimum absolute atomic E-state index is 0.0241. The zero-order valence-electron chi connectivity index (χ0n) is 13.8. The molecular weight excluding hydrogens is 308 g/mol. The number of aromatic nitrogens is 3. The van der Waals surface area contributed by atoms with Crippen molar-refractivity contribution in [2.75, 3.05) is 7.11 Å². The summed E-state index contributed by atoms with van der Waals surface area (Å²) in [6.07, 6.45) is 6.25. The molecule has 0 spiro atoms. The van der Waals surface area contributed by atoms with Crippen molar-refractivity contribution in [2.45, 2.75) is 44.9 Å². The molecule has 0 saturated heterocycles. The van der Waals surface area contributed by atoms with Crippen LogP contribution in [0.1, 0.15) is 31.4 Å². The summed E-state index contributed by atoms with van der Waals surface area (Å²) in [6.45, 7) is 0.447. The summed E-state index contributed by atoms with van der Waals surface area (Å²) >= 11 is 0. The lowest BCUT2D eigenvalue weighted by Gasteiger charge is -2.11. The Hall–Kier alpha value is -2.57. The lowest BCUT2D eigenvalue weighted by molar-refractivity contribution is -0.122. The highest BCUT2D eigenvalue weighted by atomic mass is 16.5. The van der Waals surface area contributed by atoms with Crippen LogP contribution >= 0.6 is 0 Å². The maximum Gasteiger partial charge on any atom is 0.242 e. The first kappa shape index (κ1) is 16.3. The highest BCUT2D eigenvalue weighted by Gasteiger charge is 2.17. The molecule has 7 nitrogen and oxygen atoms in total. The fraction of sp³-hybridized carbons (Fsp3) is 0.471. The van der Waals surface area contributed by atoms with Crippen molar-refractivity contribution in [2.24, 2.45) is 0 Å². The number of ether oxygens (including phenoxy) is 2. The first-order chi connectivity index (χ1) is 11.7. The van der Waals surface area contributed by atoms with E-state index in [2.05, 4.69) is 15.6 Å². The molecule has 0 unspecified atom stereocenters. The maximum absolute atomic E-state index is 12.0. The molecule has 1 saturated carbocycles. The van der Waals surface area contributed by atoms with Gasteiger partial charge in [-0.1, -0.05) is 30.2 Å². The van der Waals surface area contributed by atoms with Gasteiger partial charge in [0.2, 0.25) is 5.91 Å². The van der Waals surface area contributed by atoms with Gasteiger partial charge in [-0.2, -0.15) is 0 Å². The third kappa shape index (κ3) is 4.24. The van der Waals surface area contributed by atoms with Crippen LogP contribution in [0.15, 0.2) is 30.5 Å². The zero-order valence-corrected chi connectivity index (χ0v) is 13.8. The summed E-state index contributed by atoms with van der Waals surface area (Å²) < 4.78 is 12.5. The average molecular weight is 330 g/mol. The molecule has 2 aromatic rings. The van der Waals surface area contributed by atoms with E-state index in [1.54, 1.807) is 13.3 Å². The number of carbonyl (C=O) groups excluding carboxylic acids is 1. The zero-order chi connectivity index (χ0) is 16.8. The SMILES string of the molecule is COc1ccccc1OCc1cn(CC(=O)NC2CCCC2)nn1. The van der Waals surface area contributed by atoms with Crippen LogP contribution < -0.4 is 14.8 Å². The van der Waals surface area contributed by atoms with E-state index in [-0.39, 0.29) is 19.1 Å². The van der Waals surface area contributed by atoms with Gasteiger partial charge in [0.05, 0.1) is 13.3 Å². The normalized spacial score (nSPS) is 14.5. The predicted octanol–water partition coefficient (Wildman–Crippen LogP) is 1.92. The molecule has 7 heteroatoms. The van der Waals surface area contributed by atoms with Gasteiger partial charge in [-0.25, -0.2) is 4.68 Å². The van der Waals surface area contributed by atoms with Gasteiger partial charge in [-0.3, -0.25) is 4.79 Å². The van der Waals surface area contributed by atoms with Crippen molar-refractivity contribution >= 4 is 5.91 Å². The Kier molecular flexibility index (Phi) is 5.30. The summed E-state index contributed by atoms with van der Waals surface area (Å²) in [5.41, 5.74) is 0.662. The van der Waals surface area contributed by atoms with Crippen LogP contribution in [0, 0.1) is 0 Å². The summed E-state index contributed by atoms with van der Waals surface area (Å²) in [5.74, 6) is 1.29. The molecule has 0 atom stereocenters. The Bertz CT molecular complexity index is 680. The van der Waals surface area contributed by atoms with Crippen molar-refractivity contribution in [3.8, 4) is 11.5 Å². The summed E-state index contributed by atoms with van der Waals surface area (Å²) in [7, 11) is 1.60. The number of carbonyl (C=O) groups is 1. The third-order valence-electron chi connectivity index (χ3n) is 4.06. The van der Waals surface area contributed by atoms with Crippen molar-refractivity contribution in [3.05, 3.63) is 36.2 Å². The predicted molar refractivity (Wildman–Crippen MR) is 87.7 cm³/mol. The van der Waals surface area contributed by atoms with Crippen molar-refractivity contribution in [1.29, 1.82) is 0 Å². The number of nitrogens with zero attached hydrogens (tertiary/aromatic N) is 3. The van der Waals surface area contributed by atoms with Gasteiger partial charge in [0.25, 0.3) is 0 Å². The summed E-state index contributed by atoms with van der Waals surface area (Å²) in [4.78, 5) is 12.0. The fourth-order valence-corrected chi connectivity index (χ4v) is 2.86. The van der Waals surface area contributed by atoms with E-state index in [0.29, 0.717) is 23.2 Å². The van der Waals surface area contributed by atoms with Gasteiger partial charge >= 0.3 is 0 Å². The number of methoxy groups -OCH3 is 1. The Balaban J connectivity index is 1.50. The van der Waals surface area contributed by atoms with E-state index in [1.807, 2.05) is 24.3 Å². The third-order valence-corrected chi connectivity index (χ3v) is 4.06. The van der Waals surface area contributed by atoms with Crippen LogP contribution in [0.5, 0.6) is 11.5 Å². The van der Waals surface area contributed by atoms with Crippen LogP contribution in [0.25, 0.3) is 0 Å². The number of benzene rings is 1. The molecule has 0 bridgehead atoms. The van der Waals surface area contributed by atoms with Gasteiger partial charge in [0, 0.05) is 6.04 Å². The molecule has 0 radical (unpaired) electrons. The number of para-hydroxylation sites is 2. The van der Waals surface area contributed by atoms with Crippen molar-refractivity contribution < 1.29 is 14.3 Å². The van der Waals surface area contributed by atoms with E-state index >= 15 is 0 Å². The number of nitrogens with one attached hydrogen (secondary N) is 1. The molecule has 1 N–H and O–H groups in total. The topological polar surface area (TPSA) is 78.3 Å². The van der Waals surface area contributed by atoms with E-state index in [4.69, 9.17) is 9.47 Å². The molecule has 1 amide bonds. The van der Waals surface area contributed by atoms with Gasteiger partial charge < -0.3 is 14.8 Å². The molecule has 0 aliphatic heterocycles. The number of hydrogen-bond donors (Lipinski definition) is 1. The minimum atomic E-state index is -0.0241. The number of amides is 1. The molecule has 3 rings (SSSR count). The smallest absolute Gasteiger partial charge is 0.242 e. The minimum Gasteiger partial charge on any atom is -0.493 e. The van der Waals surface area contributed by atoms with Crippen LogP contribution in [0.4, 0.5) is 0 Å². The highest BCUT2D eigenvalue weighted by Crippen LogP contribution is 2.26. The van der Waals surface area contributed by atoms with Crippen LogP contribution in [0.2, 0.25) is 0 Å². The van der Waals surface area contributed by atoms with E-state index in [0.717, 1.165) is 12.8 Å². The first-order valence-corrected chi connectivity index (χ1v) is 8.19. The molecular formula is C17H22N4O3. The maximum atomic E-state index is 12.0. The Morgan fingerprint density at radius 2 is 2.04 bits per heavy atom. The first-order valence-electron chi connectivity index (χ1n) is 8.19. The van der Waals surface area contributed by atoms with Crippen LogP contribution in [-0.2, 0) is 17.9 Å². The lowest BCUT2D eigenvalue weighted by atomic mass is 10.2. The molecule has 1 aliphatic rings. The number of hydrogen-bond acceptors (Lipinski definition) is 5. The molecule has 128 valence electrons. The molecule has 1 aromatic heterocycles. The van der Waals surface area contributed by atoms with Crippen molar-refractivity contribution in [3.63, 3.8) is 0 Å². The van der Waals surface area contributed by atoms with E-state index in [1.165, 1.54) is 17.5 Å². The standard InChI is InChI=1S/C17H22N4O3/c1-23-15-8-4-5-9-16(15)24-12-14-10-21(20-19-14)11-17(22)18-13-6-2-3-7-13/h4-5,8-10,13H,2-3,6-7,11-12H2,1H3,(H,18,22). The largest absolute Gasteiger partial charge is 0.493 e. The number of rotatable bonds is 7. The lowest BCUT2D eigenvalue weighted by Crippen LogP contribution is -2.35. The fourth-order valence-electron chi connectivity index (χ4n) is 2.86. The van der Waals surface area contributed by atoms with Gasteiger partial charge in [-0.15, -0.1) is 5.10 Å². The Morgan fingerprint density at radius 3 is 2.79 bits per heavy atom. The molecule has 1 aliphatic carbocycles. The quantitative estimate of drug-likeness (QED) is 0.839.